The van der Waals surface area contributed by atoms with Crippen molar-refractivity contribution in [3.63, 3.8) is 0 Å². The molecule has 1 aliphatic heterocycles. The number of hydrogen-bond donors (Lipinski definition) is 3. The van der Waals surface area contributed by atoms with Crippen LogP contribution in [-0.4, -0.2) is 27.6 Å². The molecule has 3 atom stereocenters. The number of anilines is 1. The van der Waals surface area contributed by atoms with Gasteiger partial charge in [0.05, 0.1) is 18.1 Å². The lowest BCUT2D eigenvalue weighted by Crippen LogP contribution is -2.37. The Bertz CT molecular complexity index is 654. The highest BCUT2D eigenvalue weighted by atomic mass is 32.2. The first kappa shape index (κ1) is 14.5. The fourth-order valence-electron chi connectivity index (χ4n) is 3.25. The number of aliphatic hydroxyl groups excluding tert-OH is 1. The third-order valence-corrected chi connectivity index (χ3v) is 5.57. The average molecular weight is 317 g/mol. The summed E-state index contributed by atoms with van der Waals surface area (Å²) in [6, 6.07) is 3.75. The number of nitrogens with zero attached hydrogens (tertiary/aromatic N) is 1. The van der Waals surface area contributed by atoms with Gasteiger partial charge in [-0.3, -0.25) is 4.99 Å². The second-order valence-electron chi connectivity index (χ2n) is 5.54. The maximum Gasteiger partial charge on any atom is 0.272 e. The minimum Gasteiger partial charge on any atom is -0.399 e. The summed E-state index contributed by atoms with van der Waals surface area (Å²) in [6.45, 7) is 0.637. The number of aliphatic hydroxyl groups is 1. The summed E-state index contributed by atoms with van der Waals surface area (Å²) in [5, 5.41) is 9.32. The van der Waals surface area contributed by atoms with Crippen LogP contribution in [0.15, 0.2) is 23.2 Å². The molecule has 114 valence electrons. The summed E-state index contributed by atoms with van der Waals surface area (Å²) in [5.41, 5.74) is 9.92. The van der Waals surface area contributed by atoms with E-state index in [0.717, 1.165) is 6.07 Å². The number of amidine groups is 1. The SMILES string of the molecule is C[C@]1(c2cc(N)ccc2F)N=C(N)S[C@]2(CO)C1C2(F)F. The predicted octanol–water partition coefficient (Wildman–Crippen LogP) is 1.68. The van der Waals surface area contributed by atoms with Crippen molar-refractivity contribution in [1.82, 2.24) is 0 Å². The highest BCUT2D eigenvalue weighted by Gasteiger charge is 2.87. The predicted molar refractivity (Wildman–Crippen MR) is 75.6 cm³/mol. The minimum absolute atomic E-state index is 0.0363. The molecule has 1 aromatic carbocycles. The summed E-state index contributed by atoms with van der Waals surface area (Å²) in [4.78, 5) is 4.07. The van der Waals surface area contributed by atoms with Crippen molar-refractivity contribution in [2.75, 3.05) is 12.3 Å². The molecule has 1 aromatic rings. The average Bonchev–Trinajstić information content (AvgIpc) is 2.89. The fourth-order valence-corrected chi connectivity index (χ4v) is 4.61. The number of fused-ring (bicyclic) bond motifs is 1. The monoisotopic (exact) mass is 317 g/mol. The normalized spacial score (nSPS) is 36.8. The lowest BCUT2D eigenvalue weighted by atomic mass is 9.85. The van der Waals surface area contributed by atoms with Gasteiger partial charge >= 0.3 is 0 Å². The van der Waals surface area contributed by atoms with Crippen LogP contribution >= 0.6 is 11.8 Å². The van der Waals surface area contributed by atoms with Gasteiger partial charge in [-0.15, -0.1) is 0 Å². The van der Waals surface area contributed by atoms with E-state index >= 15 is 0 Å². The Hall–Kier alpha value is -1.41. The van der Waals surface area contributed by atoms with E-state index in [1.165, 1.54) is 19.1 Å². The van der Waals surface area contributed by atoms with E-state index in [-0.39, 0.29) is 16.4 Å². The molecule has 8 heteroatoms. The van der Waals surface area contributed by atoms with Crippen LogP contribution in [-0.2, 0) is 5.54 Å². The third-order valence-electron chi connectivity index (χ3n) is 4.27. The molecular weight excluding hydrogens is 303 g/mol. The Kier molecular flexibility index (Phi) is 2.82. The van der Waals surface area contributed by atoms with E-state index in [1.54, 1.807) is 0 Å². The van der Waals surface area contributed by atoms with Crippen molar-refractivity contribution < 1.29 is 18.3 Å². The van der Waals surface area contributed by atoms with Gasteiger partial charge in [-0.25, -0.2) is 13.2 Å². The molecule has 0 radical (unpaired) electrons. The van der Waals surface area contributed by atoms with E-state index < -0.39 is 34.6 Å². The van der Waals surface area contributed by atoms with Gasteiger partial charge in [-0.1, -0.05) is 11.8 Å². The Balaban J connectivity index is 2.20. The van der Waals surface area contributed by atoms with E-state index in [9.17, 15) is 18.3 Å². The first-order valence-corrected chi connectivity index (χ1v) is 7.09. The van der Waals surface area contributed by atoms with Crippen molar-refractivity contribution in [2.24, 2.45) is 16.6 Å². The molecule has 21 heavy (non-hydrogen) atoms. The van der Waals surface area contributed by atoms with Crippen molar-refractivity contribution in [3.05, 3.63) is 29.6 Å². The maximum absolute atomic E-state index is 14.3. The largest absolute Gasteiger partial charge is 0.399 e. The number of nitrogens with two attached hydrogens (primary N) is 2. The molecule has 1 heterocycles. The van der Waals surface area contributed by atoms with Crippen LogP contribution in [0.5, 0.6) is 0 Å². The Morgan fingerprint density at radius 3 is 2.67 bits per heavy atom. The van der Waals surface area contributed by atoms with E-state index in [1.807, 2.05) is 0 Å². The van der Waals surface area contributed by atoms with E-state index in [4.69, 9.17) is 11.5 Å². The summed E-state index contributed by atoms with van der Waals surface area (Å²) < 4.78 is 40.9. The van der Waals surface area contributed by atoms with Crippen LogP contribution in [0.25, 0.3) is 0 Å². The van der Waals surface area contributed by atoms with Crippen LogP contribution in [0.3, 0.4) is 0 Å². The number of halogens is 3. The first-order chi connectivity index (χ1) is 9.69. The summed E-state index contributed by atoms with van der Waals surface area (Å²) >= 11 is 0.651. The smallest absolute Gasteiger partial charge is 0.272 e. The van der Waals surface area contributed by atoms with Crippen molar-refractivity contribution >= 4 is 22.6 Å². The number of aliphatic imine (C=N–C) groups is 1. The molecular formula is C13H14F3N3OS. The minimum atomic E-state index is -3.19. The second-order valence-corrected chi connectivity index (χ2v) is 6.89. The highest BCUT2D eigenvalue weighted by molar-refractivity contribution is 8.15. The topological polar surface area (TPSA) is 84.6 Å². The molecule has 0 bridgehead atoms. The van der Waals surface area contributed by atoms with Gasteiger partial charge in [0.2, 0.25) is 0 Å². The number of rotatable bonds is 2. The van der Waals surface area contributed by atoms with Gasteiger partial charge in [0.25, 0.3) is 5.92 Å². The molecule has 2 aliphatic rings. The second kappa shape index (κ2) is 4.07. The standard InChI is InChI=1S/C13H14F3N3OS/c1-11(7-4-6(17)2-3-8(7)14)9-12(5-20,13(9,15)16)21-10(18)19-11/h2-4,9,20H,5,17H2,1H3,(H2,18,19)/t9?,11-,12-/m1/s1. The first-order valence-electron chi connectivity index (χ1n) is 6.27. The van der Waals surface area contributed by atoms with Gasteiger partial charge < -0.3 is 16.6 Å². The zero-order chi connectivity index (χ0) is 15.6. The molecule has 0 amide bonds. The number of alkyl halides is 2. The molecule has 0 saturated heterocycles. The lowest BCUT2D eigenvalue weighted by Gasteiger charge is -2.32. The summed E-state index contributed by atoms with van der Waals surface area (Å²) in [6.07, 6.45) is 0. The zero-order valence-corrected chi connectivity index (χ0v) is 11.9. The van der Waals surface area contributed by atoms with Crippen molar-refractivity contribution in [2.45, 2.75) is 23.1 Å². The van der Waals surface area contributed by atoms with Gasteiger partial charge in [-0.2, -0.15) is 0 Å². The number of nitrogen functional groups attached to an aromatic ring is 1. The molecule has 0 aromatic heterocycles. The third kappa shape index (κ3) is 1.66. The molecule has 1 saturated carbocycles. The molecule has 0 spiro atoms. The van der Waals surface area contributed by atoms with Crippen LogP contribution < -0.4 is 11.5 Å². The molecule has 1 aliphatic carbocycles. The molecule has 1 fully saturated rings. The Morgan fingerprint density at radius 2 is 2.05 bits per heavy atom. The lowest BCUT2D eigenvalue weighted by molar-refractivity contribution is 0.0685. The highest BCUT2D eigenvalue weighted by Crippen LogP contribution is 2.74. The van der Waals surface area contributed by atoms with Crippen LogP contribution in [0.1, 0.15) is 12.5 Å². The van der Waals surface area contributed by atoms with Gasteiger partial charge in [0.15, 0.2) is 5.17 Å². The summed E-state index contributed by atoms with van der Waals surface area (Å²) in [7, 11) is 0. The van der Waals surface area contributed by atoms with Crippen LogP contribution in [0, 0.1) is 11.7 Å². The molecule has 4 nitrogen and oxygen atoms in total. The number of thioether (sulfide) groups is 1. The van der Waals surface area contributed by atoms with Crippen molar-refractivity contribution in [1.29, 1.82) is 0 Å². The van der Waals surface area contributed by atoms with Crippen LogP contribution in [0.2, 0.25) is 0 Å². The van der Waals surface area contributed by atoms with E-state index in [2.05, 4.69) is 4.99 Å². The molecule has 5 N–H and O–H groups in total. The summed E-state index contributed by atoms with van der Waals surface area (Å²) in [5.74, 6) is -5.20. The number of hydrogen-bond acceptors (Lipinski definition) is 5. The Labute approximate surface area is 123 Å². The van der Waals surface area contributed by atoms with Gasteiger partial charge in [0.1, 0.15) is 10.6 Å². The quantitative estimate of drug-likeness (QED) is 0.725. The van der Waals surface area contributed by atoms with Crippen LogP contribution in [0.4, 0.5) is 18.9 Å². The molecule has 1 unspecified atom stereocenters. The maximum atomic E-state index is 14.3. The molecule has 3 rings (SSSR count). The van der Waals surface area contributed by atoms with E-state index in [0.29, 0.717) is 11.8 Å². The van der Waals surface area contributed by atoms with Crippen molar-refractivity contribution in [3.8, 4) is 0 Å². The number of benzene rings is 1. The Morgan fingerprint density at radius 1 is 1.38 bits per heavy atom. The van der Waals surface area contributed by atoms with Gasteiger partial charge in [-0.05, 0) is 25.1 Å². The zero-order valence-electron chi connectivity index (χ0n) is 11.1. The fraction of sp³-hybridized carbons (Fsp3) is 0.462. The van der Waals surface area contributed by atoms with Gasteiger partial charge in [0, 0.05) is 11.3 Å².